The van der Waals surface area contributed by atoms with Crippen LogP contribution in [0.3, 0.4) is 0 Å². The molecular formula is C37H49N5O. The van der Waals surface area contributed by atoms with E-state index in [1.807, 2.05) is 0 Å². The van der Waals surface area contributed by atoms with Gasteiger partial charge in [-0.3, -0.25) is 4.79 Å². The number of nitrogens with two attached hydrogens (primary N) is 1. The molecule has 5 heterocycles. The summed E-state index contributed by atoms with van der Waals surface area (Å²) in [5, 5.41) is 4.44. The van der Waals surface area contributed by atoms with Gasteiger partial charge >= 0.3 is 0 Å². The second-order valence-electron chi connectivity index (χ2n) is 11.5. The molecule has 43 heavy (non-hydrogen) atoms. The highest BCUT2D eigenvalue weighted by atomic mass is 16.1. The fourth-order valence-electron chi connectivity index (χ4n) is 7.63. The van der Waals surface area contributed by atoms with Crippen molar-refractivity contribution < 1.29 is 4.79 Å². The second-order valence-corrected chi connectivity index (χ2v) is 11.5. The van der Waals surface area contributed by atoms with Gasteiger partial charge in [0.2, 0.25) is 0 Å². The zero-order valence-electron chi connectivity index (χ0n) is 27.4. The summed E-state index contributed by atoms with van der Waals surface area (Å²) < 4.78 is 2.37. The van der Waals surface area contributed by atoms with Crippen molar-refractivity contribution in [1.82, 2.24) is 19.5 Å². The lowest BCUT2D eigenvalue weighted by atomic mass is 9.95. The van der Waals surface area contributed by atoms with Crippen LogP contribution in [0.1, 0.15) is 120 Å². The molecule has 0 radical (unpaired) electrons. The van der Waals surface area contributed by atoms with Crippen molar-refractivity contribution in [3.05, 3.63) is 90.7 Å². The molecule has 5 rings (SSSR count). The number of aromatic nitrogens is 4. The first-order valence-electron chi connectivity index (χ1n) is 16.5. The Labute approximate surface area is 255 Å². The van der Waals surface area contributed by atoms with E-state index in [4.69, 9.17) is 5.73 Å². The maximum Gasteiger partial charge on any atom is 0.252 e. The summed E-state index contributed by atoms with van der Waals surface area (Å²) in [5.74, 6) is -0.384. The number of nitrogens with one attached hydrogen (secondary N) is 3. The average molecular weight is 580 g/mol. The van der Waals surface area contributed by atoms with Gasteiger partial charge in [0, 0.05) is 39.7 Å². The summed E-state index contributed by atoms with van der Waals surface area (Å²) in [6.07, 6.45) is 5.99. The molecule has 5 N–H and O–H groups in total. The van der Waals surface area contributed by atoms with Gasteiger partial charge in [-0.2, -0.15) is 0 Å². The summed E-state index contributed by atoms with van der Waals surface area (Å²) in [6.45, 7) is 18.4. The number of hydrogen-bond donors (Lipinski definition) is 4. The van der Waals surface area contributed by atoms with Crippen LogP contribution >= 0.6 is 0 Å². The molecule has 0 atom stereocenters. The van der Waals surface area contributed by atoms with E-state index in [0.717, 1.165) is 90.3 Å². The van der Waals surface area contributed by atoms with Crippen LogP contribution < -0.4 is 27.1 Å². The number of carbonyl (C=O) groups excluding carboxylic acids is 1. The van der Waals surface area contributed by atoms with Crippen LogP contribution in [0.4, 0.5) is 0 Å². The lowest BCUT2D eigenvalue weighted by Gasteiger charge is -2.11. The van der Waals surface area contributed by atoms with Gasteiger partial charge in [-0.05, 0) is 115 Å². The molecule has 8 bridgehead atoms. The van der Waals surface area contributed by atoms with Gasteiger partial charge in [-0.1, -0.05) is 48.5 Å². The molecule has 0 aliphatic carbocycles. The Morgan fingerprint density at radius 2 is 1.09 bits per heavy atom. The fraction of sp³-hybridized carbons (Fsp3) is 0.432. The second kappa shape index (κ2) is 12.4. The van der Waals surface area contributed by atoms with Gasteiger partial charge in [0.15, 0.2) is 0 Å². The monoisotopic (exact) mass is 579 g/mol. The van der Waals surface area contributed by atoms with Crippen molar-refractivity contribution in [3.63, 3.8) is 0 Å². The van der Waals surface area contributed by atoms with E-state index in [9.17, 15) is 4.79 Å². The van der Waals surface area contributed by atoms with E-state index in [0.29, 0.717) is 5.57 Å². The molecule has 0 unspecified atom stereocenters. The molecule has 0 saturated carbocycles. The Kier molecular flexibility index (Phi) is 8.77. The molecule has 1 aliphatic rings. The number of hydrogen-bond acceptors (Lipinski definition) is 1. The summed E-state index contributed by atoms with van der Waals surface area (Å²) >= 11 is 0. The van der Waals surface area contributed by atoms with Crippen LogP contribution in [0, 0.1) is 0 Å². The van der Waals surface area contributed by atoms with Crippen molar-refractivity contribution in [2.75, 3.05) is 0 Å². The number of carbonyl (C=O) groups is 1. The summed E-state index contributed by atoms with van der Waals surface area (Å²) in [5.41, 5.74) is 20.0. The lowest BCUT2D eigenvalue weighted by Crippen LogP contribution is -2.34. The van der Waals surface area contributed by atoms with Gasteiger partial charge in [0.05, 0.1) is 16.6 Å². The van der Waals surface area contributed by atoms with E-state index in [-0.39, 0.29) is 5.91 Å². The molecule has 0 saturated heterocycles. The summed E-state index contributed by atoms with van der Waals surface area (Å²) in [6, 6.07) is 8.86. The Morgan fingerprint density at radius 3 is 1.60 bits per heavy atom. The highest BCUT2D eigenvalue weighted by Crippen LogP contribution is 2.30. The molecule has 6 nitrogen and oxygen atoms in total. The van der Waals surface area contributed by atoms with Crippen molar-refractivity contribution in [2.45, 2.75) is 107 Å². The maximum absolute atomic E-state index is 13.7. The van der Waals surface area contributed by atoms with Crippen molar-refractivity contribution in [1.29, 1.82) is 0 Å². The SMILES string of the molecule is CCC1=c2ccc([nH]2)=C(CC)c2[nH]c(c(CC)c2CC)C(C(N)=O)=c2c(CC)c(CC)c(n2CC)=C(CC)c2ccc1[nH]2. The number of nitrogens with zero attached hydrogens (tertiary/aromatic N) is 1. The fourth-order valence-corrected chi connectivity index (χ4v) is 7.63. The average Bonchev–Trinajstić information content (AvgIpc) is 3.80. The predicted octanol–water partition coefficient (Wildman–Crippen LogP) is 4.57. The molecule has 6 heteroatoms. The van der Waals surface area contributed by atoms with E-state index < -0.39 is 0 Å². The zero-order chi connectivity index (χ0) is 31.0. The van der Waals surface area contributed by atoms with E-state index in [1.165, 1.54) is 44.3 Å². The number of fused-ring (bicyclic) bond motifs is 8. The molecule has 4 aromatic heterocycles. The first-order chi connectivity index (χ1) is 20.8. The number of amides is 1. The first kappa shape index (κ1) is 30.5. The quantitative estimate of drug-likeness (QED) is 0.230. The normalized spacial score (nSPS) is 13.4. The lowest BCUT2D eigenvalue weighted by molar-refractivity contribution is -0.112. The third kappa shape index (κ3) is 4.75. The molecule has 0 aromatic carbocycles. The minimum Gasteiger partial charge on any atom is -0.365 e. The minimum atomic E-state index is -0.384. The van der Waals surface area contributed by atoms with Crippen LogP contribution in [0.25, 0.3) is 22.3 Å². The Balaban J connectivity index is 2.17. The van der Waals surface area contributed by atoms with Gasteiger partial charge < -0.3 is 25.3 Å². The number of rotatable bonds is 9. The molecular weight excluding hydrogens is 530 g/mol. The van der Waals surface area contributed by atoms with E-state index in [2.05, 4.69) is 99.2 Å². The number of primary amides is 1. The predicted molar refractivity (Wildman–Crippen MR) is 179 cm³/mol. The smallest absolute Gasteiger partial charge is 0.252 e. The third-order valence-corrected chi connectivity index (χ3v) is 9.48. The van der Waals surface area contributed by atoms with Crippen LogP contribution in [0.15, 0.2) is 24.3 Å². The molecule has 4 aromatic rings. The highest BCUT2D eigenvalue weighted by molar-refractivity contribution is 6.18. The number of aromatic amines is 3. The Hall–Kier alpha value is -3.93. The van der Waals surface area contributed by atoms with Crippen LogP contribution in [-0.4, -0.2) is 25.4 Å². The maximum atomic E-state index is 13.7. The van der Waals surface area contributed by atoms with Gasteiger partial charge in [0.1, 0.15) is 0 Å². The first-order valence-corrected chi connectivity index (χ1v) is 16.5. The topological polar surface area (TPSA) is 95.4 Å². The van der Waals surface area contributed by atoms with Gasteiger partial charge in [-0.15, -0.1) is 0 Å². The molecule has 1 amide bonds. The van der Waals surface area contributed by atoms with Crippen molar-refractivity contribution >= 4 is 28.2 Å². The largest absolute Gasteiger partial charge is 0.365 e. The number of H-pyrrole nitrogens is 3. The summed E-state index contributed by atoms with van der Waals surface area (Å²) in [7, 11) is 0. The van der Waals surface area contributed by atoms with Crippen molar-refractivity contribution in [3.8, 4) is 0 Å². The van der Waals surface area contributed by atoms with Crippen LogP contribution in [0.5, 0.6) is 0 Å². The summed E-state index contributed by atoms with van der Waals surface area (Å²) in [4.78, 5) is 25.1. The van der Waals surface area contributed by atoms with Crippen LogP contribution in [-0.2, 0) is 37.0 Å². The van der Waals surface area contributed by atoms with Gasteiger partial charge in [-0.25, -0.2) is 0 Å². The van der Waals surface area contributed by atoms with Gasteiger partial charge in [0.25, 0.3) is 5.91 Å². The molecule has 1 aliphatic heterocycles. The zero-order valence-corrected chi connectivity index (χ0v) is 27.4. The minimum absolute atomic E-state index is 0.384. The molecule has 0 spiro atoms. The Bertz CT molecular complexity index is 1940. The standard InChI is InChI=1S/C37H49N5O/c1-9-21-22(10-2)34-32(37(38)43)36-24(12-4)23(11-3)35(42(36)16-8)27(15-7)31-20-18-29(40-31)25(13-5)28-17-19-30(39-28)26(14-6)33(21)41-34/h17-20,39-41H,9-16H2,1-8H3,(H2,38,43). The molecule has 0 fully saturated rings. The highest BCUT2D eigenvalue weighted by Gasteiger charge is 2.27. The van der Waals surface area contributed by atoms with Crippen LogP contribution in [0.2, 0.25) is 0 Å². The van der Waals surface area contributed by atoms with E-state index >= 15 is 0 Å². The van der Waals surface area contributed by atoms with E-state index in [1.54, 1.807) is 0 Å². The third-order valence-electron chi connectivity index (χ3n) is 9.48. The van der Waals surface area contributed by atoms with Crippen molar-refractivity contribution in [2.24, 2.45) is 5.73 Å². The molecule has 228 valence electrons. The Morgan fingerprint density at radius 1 is 0.581 bits per heavy atom.